The minimum absolute atomic E-state index is 0.0395. The summed E-state index contributed by atoms with van der Waals surface area (Å²) in [6.45, 7) is 10.7. The zero-order chi connectivity index (χ0) is 43.0. The zero-order valence-electron chi connectivity index (χ0n) is 37.2. The Bertz CT molecular complexity index is 1520. The molecule has 1 heterocycles. The Kier molecular flexibility index (Phi) is 22.0. The summed E-state index contributed by atoms with van der Waals surface area (Å²) in [6.07, 6.45) is 13.3. The maximum Gasteiger partial charge on any atom is 0.508 e. The van der Waals surface area contributed by atoms with Gasteiger partial charge in [-0.05, 0) is 82.5 Å². The molecule has 12 heteroatoms. The summed E-state index contributed by atoms with van der Waals surface area (Å²) >= 11 is 0. The van der Waals surface area contributed by atoms with Crippen molar-refractivity contribution in [1.29, 1.82) is 5.26 Å². The number of nitrogens with one attached hydrogen (secondary N) is 1. The van der Waals surface area contributed by atoms with Crippen molar-refractivity contribution in [2.45, 2.75) is 174 Å². The first-order valence-corrected chi connectivity index (χ1v) is 23.4. The fourth-order valence-corrected chi connectivity index (χ4v) is 9.59. The number of unbranched alkanes of at least 4 members (excludes halogenated alkanes) is 11. The lowest BCUT2D eigenvalue weighted by Gasteiger charge is -2.37. The van der Waals surface area contributed by atoms with Crippen molar-refractivity contribution in [1.82, 2.24) is 9.99 Å². The van der Waals surface area contributed by atoms with Crippen LogP contribution in [0.1, 0.15) is 156 Å². The van der Waals surface area contributed by atoms with E-state index >= 15 is 0 Å². The van der Waals surface area contributed by atoms with Crippen LogP contribution >= 0.6 is 8.53 Å². The Morgan fingerprint density at radius 2 is 1.42 bits per heavy atom. The van der Waals surface area contributed by atoms with Gasteiger partial charge in [0.05, 0.1) is 37.9 Å². The molecule has 0 saturated carbocycles. The molecule has 1 N–H and O–H groups in total. The molecule has 0 aromatic heterocycles. The standard InChI is InChI=1S/C47H72N3O8P/c1-36(2)50(37(3)4)59(56-33-23-29-48)58-44-34-46(57-38(44)5)53-31-21-14-12-20-30-49-45(51)28-15-11-9-7-6-8-10-13-22-32-54-47(52)55-35-43-41-26-18-16-24-39(41)40-25-17-19-27-42(40)43/h16-19,24-27,36-38,43-44,46H,6-15,20-23,28,30-35H2,1-5H3,(H,49,51)/i5D. The Labute approximate surface area is 357 Å². The van der Waals surface area contributed by atoms with Crippen molar-refractivity contribution >= 4 is 20.6 Å². The van der Waals surface area contributed by atoms with E-state index in [0.717, 1.165) is 64.2 Å². The topological polar surface area (TPSA) is 129 Å². The van der Waals surface area contributed by atoms with E-state index < -0.39 is 21.0 Å². The lowest BCUT2D eigenvalue weighted by Crippen LogP contribution is -2.35. The molecule has 1 aliphatic carbocycles. The largest absolute Gasteiger partial charge is 0.508 e. The zero-order valence-corrected chi connectivity index (χ0v) is 37.1. The highest BCUT2D eigenvalue weighted by atomic mass is 31.2. The number of fused-ring (bicyclic) bond motifs is 3. The molecular formula is C47H72N3O8P. The number of benzene rings is 2. The second-order valence-corrected chi connectivity index (χ2v) is 17.6. The number of ether oxygens (including phenoxy) is 4. The van der Waals surface area contributed by atoms with Crippen molar-refractivity contribution in [2.24, 2.45) is 0 Å². The number of nitrogens with zero attached hydrogens (tertiary/aromatic N) is 2. The second kappa shape index (κ2) is 27.7. The number of hydrogen-bond acceptors (Lipinski definition) is 10. The Balaban J connectivity index is 0.915. The van der Waals surface area contributed by atoms with Gasteiger partial charge < -0.3 is 33.3 Å². The Hall–Kier alpha value is -3.10. The SMILES string of the molecule is [2H]CC1OC(OCCCCCCNC(=O)CCCCCCCCCCCOC(=O)OCC2c3ccccc3-c3ccccc32)CC1OP(OCCC#N)N(C(C)C)C(C)C. The molecule has 328 valence electrons. The van der Waals surface area contributed by atoms with Crippen LogP contribution in [0.25, 0.3) is 11.1 Å². The van der Waals surface area contributed by atoms with Crippen molar-refractivity contribution in [2.75, 3.05) is 33.0 Å². The molecule has 2 aromatic carbocycles. The lowest BCUT2D eigenvalue weighted by molar-refractivity contribution is -0.131. The molecule has 1 fully saturated rings. The molecule has 11 nitrogen and oxygen atoms in total. The monoisotopic (exact) mass is 839 g/mol. The first kappa shape index (κ1) is 47.0. The highest BCUT2D eigenvalue weighted by Gasteiger charge is 2.38. The van der Waals surface area contributed by atoms with Crippen LogP contribution in [0.5, 0.6) is 0 Å². The fraction of sp³-hybridized carbons (Fsp3) is 0.681. The van der Waals surface area contributed by atoms with Gasteiger partial charge in [-0.2, -0.15) is 5.26 Å². The summed E-state index contributed by atoms with van der Waals surface area (Å²) in [5.74, 6) is 0.180. The summed E-state index contributed by atoms with van der Waals surface area (Å²) in [6, 6.07) is 19.1. The molecule has 2 aromatic rings. The van der Waals surface area contributed by atoms with Gasteiger partial charge in [-0.25, -0.2) is 9.46 Å². The van der Waals surface area contributed by atoms with Gasteiger partial charge in [0.25, 0.3) is 8.53 Å². The number of rotatable bonds is 30. The van der Waals surface area contributed by atoms with E-state index in [1.165, 1.54) is 41.5 Å². The van der Waals surface area contributed by atoms with Gasteiger partial charge in [0.15, 0.2) is 6.29 Å². The third-order valence-corrected chi connectivity index (χ3v) is 13.0. The van der Waals surface area contributed by atoms with Crippen LogP contribution in [0, 0.1) is 11.3 Å². The summed E-state index contributed by atoms with van der Waals surface area (Å²) in [4.78, 5) is 24.6. The van der Waals surface area contributed by atoms with Gasteiger partial charge >= 0.3 is 6.16 Å². The maximum absolute atomic E-state index is 12.3. The highest BCUT2D eigenvalue weighted by molar-refractivity contribution is 7.44. The Morgan fingerprint density at radius 3 is 2.05 bits per heavy atom. The molecule has 1 amide bonds. The van der Waals surface area contributed by atoms with Crippen LogP contribution in [-0.4, -0.2) is 80.3 Å². The molecule has 1 saturated heterocycles. The maximum atomic E-state index is 12.3. The summed E-state index contributed by atoms with van der Waals surface area (Å²) in [5, 5.41) is 12.1. The minimum atomic E-state index is -1.41. The second-order valence-electron chi connectivity index (χ2n) is 16.2. The lowest BCUT2D eigenvalue weighted by atomic mass is 9.98. The third kappa shape index (κ3) is 17.1. The first-order valence-electron chi connectivity index (χ1n) is 23.0. The number of carbonyl (C=O) groups is 2. The van der Waals surface area contributed by atoms with Crippen LogP contribution in [-0.2, 0) is 32.8 Å². The van der Waals surface area contributed by atoms with Gasteiger partial charge in [-0.3, -0.25) is 4.79 Å². The molecule has 0 bridgehead atoms. The number of nitriles is 1. The minimum Gasteiger partial charge on any atom is -0.434 e. The molecule has 0 radical (unpaired) electrons. The predicted molar refractivity (Wildman–Crippen MR) is 234 cm³/mol. The van der Waals surface area contributed by atoms with E-state index in [1.54, 1.807) is 0 Å². The number of carbonyl (C=O) groups excluding carboxylic acids is 2. The van der Waals surface area contributed by atoms with E-state index in [1.807, 2.05) is 24.3 Å². The summed E-state index contributed by atoms with van der Waals surface area (Å²) in [5.41, 5.74) is 4.81. The van der Waals surface area contributed by atoms with Crippen LogP contribution in [0.3, 0.4) is 0 Å². The van der Waals surface area contributed by atoms with Crippen LogP contribution in [0.4, 0.5) is 4.79 Å². The van der Waals surface area contributed by atoms with Gasteiger partial charge in [-0.1, -0.05) is 106 Å². The van der Waals surface area contributed by atoms with Gasteiger partial charge in [0.1, 0.15) is 6.61 Å². The molecule has 0 spiro atoms. The molecule has 59 heavy (non-hydrogen) atoms. The number of amides is 1. The average Bonchev–Trinajstić information content (AvgIpc) is 3.78. The van der Waals surface area contributed by atoms with Crippen molar-refractivity contribution in [3.63, 3.8) is 0 Å². The molecule has 4 atom stereocenters. The van der Waals surface area contributed by atoms with Crippen LogP contribution in [0.2, 0.25) is 0 Å². The van der Waals surface area contributed by atoms with E-state index in [9.17, 15) is 9.59 Å². The summed E-state index contributed by atoms with van der Waals surface area (Å²) < 4.78 is 45.6. The number of hydrogen-bond donors (Lipinski definition) is 1. The molecule has 1 aliphatic heterocycles. The fourth-order valence-electron chi connectivity index (χ4n) is 7.83. The van der Waals surface area contributed by atoms with E-state index in [4.69, 9.17) is 34.6 Å². The first-order chi connectivity index (χ1) is 29.2. The van der Waals surface area contributed by atoms with Gasteiger partial charge in [0, 0.05) is 45.4 Å². The molecule has 4 unspecified atom stereocenters. The summed E-state index contributed by atoms with van der Waals surface area (Å²) in [7, 11) is -1.41. The van der Waals surface area contributed by atoms with E-state index in [2.05, 4.69) is 68.0 Å². The third-order valence-electron chi connectivity index (χ3n) is 10.8. The average molecular weight is 839 g/mol. The van der Waals surface area contributed by atoms with Crippen LogP contribution in [0.15, 0.2) is 48.5 Å². The highest BCUT2D eigenvalue weighted by Crippen LogP contribution is 2.49. The van der Waals surface area contributed by atoms with E-state index in [0.29, 0.717) is 45.6 Å². The van der Waals surface area contributed by atoms with Gasteiger partial charge in [0.2, 0.25) is 5.91 Å². The van der Waals surface area contributed by atoms with Crippen molar-refractivity contribution in [3.8, 4) is 17.2 Å². The normalized spacial score (nSPS) is 18.1. The smallest absolute Gasteiger partial charge is 0.434 e. The molecule has 4 rings (SSSR count). The molecule has 2 aliphatic rings. The van der Waals surface area contributed by atoms with Gasteiger partial charge in [-0.15, -0.1) is 0 Å². The molecular weight excluding hydrogens is 766 g/mol. The van der Waals surface area contributed by atoms with Crippen molar-refractivity contribution < 1.29 is 39.0 Å². The van der Waals surface area contributed by atoms with Crippen molar-refractivity contribution in [3.05, 3.63) is 59.7 Å². The Morgan fingerprint density at radius 1 is 0.831 bits per heavy atom. The van der Waals surface area contributed by atoms with Crippen LogP contribution < -0.4 is 5.32 Å². The van der Waals surface area contributed by atoms with E-state index in [-0.39, 0.29) is 49.6 Å². The predicted octanol–water partition coefficient (Wildman–Crippen LogP) is 11.3. The quantitative estimate of drug-likeness (QED) is 0.0461.